The van der Waals surface area contributed by atoms with Gasteiger partial charge in [0.05, 0.1) is 5.69 Å². The van der Waals surface area contributed by atoms with Crippen LogP contribution < -0.4 is 10.5 Å². The number of nitrogens with two attached hydrogens (primary N) is 1. The van der Waals surface area contributed by atoms with Gasteiger partial charge in [0.1, 0.15) is 4.90 Å². The molecule has 118 valence electrons. The minimum atomic E-state index is -3.96. The van der Waals surface area contributed by atoms with E-state index in [1.54, 1.807) is 0 Å². The fourth-order valence-corrected chi connectivity index (χ4v) is 4.54. The summed E-state index contributed by atoms with van der Waals surface area (Å²) >= 11 is 5.78. The Hall–Kier alpha value is -0.850. The normalized spacial score (nSPS) is 23.2. The van der Waals surface area contributed by atoms with E-state index in [0.29, 0.717) is 5.92 Å². The summed E-state index contributed by atoms with van der Waals surface area (Å²) in [6, 6.07) is 2.13. The van der Waals surface area contributed by atoms with Crippen LogP contribution in [0.2, 0.25) is 5.02 Å². The van der Waals surface area contributed by atoms with Gasteiger partial charge in [-0.25, -0.2) is 17.5 Å². The lowest BCUT2D eigenvalue weighted by atomic mass is 9.85. The first-order valence-electron chi connectivity index (χ1n) is 7.10. The van der Waals surface area contributed by atoms with E-state index in [4.69, 9.17) is 17.3 Å². The van der Waals surface area contributed by atoms with Crippen LogP contribution in [-0.4, -0.2) is 14.5 Å². The predicted molar refractivity (Wildman–Crippen MR) is 82.2 cm³/mol. The van der Waals surface area contributed by atoms with Gasteiger partial charge in [-0.3, -0.25) is 0 Å². The fraction of sp³-hybridized carbons (Fsp3) is 0.571. The average molecular weight is 335 g/mol. The van der Waals surface area contributed by atoms with E-state index in [9.17, 15) is 12.8 Å². The van der Waals surface area contributed by atoms with Crippen molar-refractivity contribution < 1.29 is 12.8 Å². The number of benzene rings is 1. The van der Waals surface area contributed by atoms with Gasteiger partial charge < -0.3 is 5.73 Å². The van der Waals surface area contributed by atoms with Gasteiger partial charge >= 0.3 is 0 Å². The minimum absolute atomic E-state index is 0.101. The zero-order valence-electron chi connectivity index (χ0n) is 11.9. The van der Waals surface area contributed by atoms with Gasteiger partial charge in [-0.1, -0.05) is 37.8 Å². The van der Waals surface area contributed by atoms with Gasteiger partial charge in [-0.2, -0.15) is 0 Å². The molecule has 1 aromatic carbocycles. The number of nitrogens with one attached hydrogen (secondary N) is 1. The molecule has 0 aliphatic heterocycles. The van der Waals surface area contributed by atoms with Crippen molar-refractivity contribution in [2.45, 2.75) is 50.0 Å². The molecule has 0 spiro atoms. The van der Waals surface area contributed by atoms with Crippen molar-refractivity contribution in [1.29, 1.82) is 0 Å². The maximum absolute atomic E-state index is 14.0. The van der Waals surface area contributed by atoms with Crippen molar-refractivity contribution in [3.63, 3.8) is 0 Å². The van der Waals surface area contributed by atoms with Crippen molar-refractivity contribution in [3.05, 3.63) is 23.0 Å². The Morgan fingerprint density at radius 1 is 1.43 bits per heavy atom. The topological polar surface area (TPSA) is 72.2 Å². The molecule has 1 aromatic rings. The van der Waals surface area contributed by atoms with Gasteiger partial charge in [-0.05, 0) is 30.9 Å². The number of hydrogen-bond donors (Lipinski definition) is 2. The molecule has 2 unspecified atom stereocenters. The summed E-state index contributed by atoms with van der Waals surface area (Å²) in [6.07, 6.45) is 4.68. The molecule has 1 aliphatic carbocycles. The molecule has 0 bridgehead atoms. The van der Waals surface area contributed by atoms with Crippen molar-refractivity contribution in [1.82, 2.24) is 4.72 Å². The molecule has 1 fully saturated rings. The van der Waals surface area contributed by atoms with E-state index in [0.717, 1.165) is 38.2 Å². The molecule has 0 radical (unpaired) electrons. The highest BCUT2D eigenvalue weighted by atomic mass is 35.5. The van der Waals surface area contributed by atoms with Crippen LogP contribution in [0, 0.1) is 11.7 Å². The van der Waals surface area contributed by atoms with E-state index in [1.165, 1.54) is 6.07 Å². The van der Waals surface area contributed by atoms with Gasteiger partial charge in [0, 0.05) is 11.1 Å². The van der Waals surface area contributed by atoms with Gasteiger partial charge in [-0.15, -0.1) is 0 Å². The highest BCUT2D eigenvalue weighted by Crippen LogP contribution is 2.29. The lowest BCUT2D eigenvalue weighted by molar-refractivity contribution is 0.301. The molecule has 1 aliphatic rings. The zero-order chi connectivity index (χ0) is 15.6. The summed E-state index contributed by atoms with van der Waals surface area (Å²) in [4.78, 5) is -0.480. The van der Waals surface area contributed by atoms with Crippen LogP contribution in [0.3, 0.4) is 0 Å². The van der Waals surface area contributed by atoms with Crippen LogP contribution >= 0.6 is 11.6 Å². The fourth-order valence-electron chi connectivity index (χ4n) is 2.83. The second-order valence-electron chi connectivity index (χ2n) is 5.57. The van der Waals surface area contributed by atoms with E-state index in [1.807, 2.05) is 0 Å². The van der Waals surface area contributed by atoms with E-state index < -0.39 is 20.7 Å². The van der Waals surface area contributed by atoms with Crippen molar-refractivity contribution in [3.8, 4) is 0 Å². The molecule has 4 nitrogen and oxygen atoms in total. The number of anilines is 1. The maximum Gasteiger partial charge on any atom is 0.243 e. The molecule has 0 saturated heterocycles. The molecule has 0 amide bonds. The first kappa shape index (κ1) is 16.5. The Morgan fingerprint density at radius 2 is 2.14 bits per heavy atom. The van der Waals surface area contributed by atoms with Crippen molar-refractivity contribution in [2.24, 2.45) is 5.92 Å². The monoisotopic (exact) mass is 334 g/mol. The third kappa shape index (κ3) is 3.87. The third-order valence-corrected chi connectivity index (χ3v) is 5.74. The molecular formula is C14H20ClFN2O2S. The molecule has 3 N–H and O–H groups in total. The maximum atomic E-state index is 14.0. The smallest absolute Gasteiger partial charge is 0.243 e. The van der Waals surface area contributed by atoms with Crippen LogP contribution in [0.25, 0.3) is 0 Å². The largest absolute Gasteiger partial charge is 0.396 e. The zero-order valence-corrected chi connectivity index (χ0v) is 13.5. The van der Waals surface area contributed by atoms with E-state index in [-0.39, 0.29) is 16.8 Å². The first-order chi connectivity index (χ1) is 9.83. The molecule has 0 aromatic heterocycles. The second-order valence-corrected chi connectivity index (χ2v) is 7.69. The quantitative estimate of drug-likeness (QED) is 0.830. The summed E-state index contributed by atoms with van der Waals surface area (Å²) < 4.78 is 41.3. The Kier molecular flexibility index (Phi) is 5.11. The molecule has 2 rings (SSSR count). The molecular weight excluding hydrogens is 315 g/mol. The number of rotatable bonds is 4. The molecule has 21 heavy (non-hydrogen) atoms. The Bertz CT molecular complexity index is 622. The standard InChI is InChI=1S/C14H20ClFN2O2S/c1-2-9-4-3-5-11(6-9)18-21(19,20)13-8-10(15)7-12(17)14(13)16/h7-9,11,18H,2-6,17H2,1H3. The average Bonchev–Trinajstić information content (AvgIpc) is 2.42. The Morgan fingerprint density at radius 3 is 2.81 bits per heavy atom. The van der Waals surface area contributed by atoms with Gasteiger partial charge in [0.25, 0.3) is 0 Å². The Balaban J connectivity index is 2.23. The van der Waals surface area contributed by atoms with Crippen LogP contribution in [0.15, 0.2) is 17.0 Å². The SMILES string of the molecule is CCC1CCCC(NS(=O)(=O)c2cc(Cl)cc(N)c2F)C1. The lowest BCUT2D eigenvalue weighted by Gasteiger charge is -2.29. The molecule has 0 heterocycles. The first-order valence-corrected chi connectivity index (χ1v) is 8.96. The summed E-state index contributed by atoms with van der Waals surface area (Å²) in [6.45, 7) is 2.10. The van der Waals surface area contributed by atoms with E-state index in [2.05, 4.69) is 11.6 Å². The molecule has 1 saturated carbocycles. The summed E-state index contributed by atoms with van der Waals surface area (Å²) in [7, 11) is -3.96. The second kappa shape index (κ2) is 6.50. The lowest BCUT2D eigenvalue weighted by Crippen LogP contribution is -2.38. The highest BCUT2D eigenvalue weighted by Gasteiger charge is 2.28. The number of sulfonamides is 1. The molecule has 7 heteroatoms. The summed E-state index contributed by atoms with van der Waals surface area (Å²) in [5.41, 5.74) is 5.18. The van der Waals surface area contributed by atoms with Gasteiger partial charge in [0.2, 0.25) is 10.0 Å². The predicted octanol–water partition coefficient (Wildman–Crippen LogP) is 3.31. The Labute approximate surface area is 129 Å². The van der Waals surface area contributed by atoms with E-state index >= 15 is 0 Å². The highest BCUT2D eigenvalue weighted by molar-refractivity contribution is 7.89. The van der Waals surface area contributed by atoms with Crippen molar-refractivity contribution >= 4 is 27.3 Å². The third-order valence-electron chi connectivity index (χ3n) is 4.00. The van der Waals surface area contributed by atoms with Gasteiger partial charge in [0.15, 0.2) is 5.82 Å². The van der Waals surface area contributed by atoms with Crippen LogP contribution in [-0.2, 0) is 10.0 Å². The number of nitrogen functional groups attached to an aromatic ring is 1. The van der Waals surface area contributed by atoms with Crippen LogP contribution in [0.5, 0.6) is 0 Å². The summed E-state index contributed by atoms with van der Waals surface area (Å²) in [5.74, 6) is -0.435. The summed E-state index contributed by atoms with van der Waals surface area (Å²) in [5, 5.41) is 0.101. The van der Waals surface area contributed by atoms with Crippen molar-refractivity contribution in [2.75, 3.05) is 5.73 Å². The van der Waals surface area contributed by atoms with Crippen LogP contribution in [0.4, 0.5) is 10.1 Å². The number of hydrogen-bond acceptors (Lipinski definition) is 3. The minimum Gasteiger partial charge on any atom is -0.396 e. The van der Waals surface area contributed by atoms with Crippen LogP contribution in [0.1, 0.15) is 39.0 Å². The number of halogens is 2. The molecule has 2 atom stereocenters.